The van der Waals surface area contributed by atoms with Crippen LogP contribution in [0.1, 0.15) is 99.8 Å². The van der Waals surface area contributed by atoms with Crippen LogP contribution in [-0.2, 0) is 62.8 Å². The number of amides is 9. The topological polar surface area (TPSA) is 546 Å². The third-order valence-corrected chi connectivity index (χ3v) is 12.3. The van der Waals surface area contributed by atoms with E-state index in [1.54, 1.807) is 27.7 Å². The average Bonchev–Trinajstić information content (AvgIpc) is 3.29. The van der Waals surface area contributed by atoms with Crippen molar-refractivity contribution < 1.29 is 76.5 Å². The highest BCUT2D eigenvalue weighted by molar-refractivity contribution is 7.90. The van der Waals surface area contributed by atoms with Crippen LogP contribution in [0.5, 0.6) is 0 Å². The highest BCUT2D eigenvalue weighted by Gasteiger charge is 2.36. The van der Waals surface area contributed by atoms with Gasteiger partial charge < -0.3 is 86.5 Å². The lowest BCUT2D eigenvalue weighted by Gasteiger charge is -2.28. The number of hydrogen-bond donors (Lipinski definition) is 17. The molecule has 22 N–H and O–H groups in total. The van der Waals surface area contributed by atoms with E-state index in [2.05, 4.69) is 57.2 Å². The van der Waals surface area contributed by atoms with Crippen LogP contribution in [0.3, 0.4) is 0 Å². The second-order valence-electron chi connectivity index (χ2n) is 18.6. The maximum Gasteiger partial charge on any atom is 0.305 e. The first-order valence-electron chi connectivity index (χ1n) is 24.0. The van der Waals surface area contributed by atoms with Crippen LogP contribution < -0.4 is 75.9 Å². The number of carbonyl (C=O) groups is 11. The van der Waals surface area contributed by atoms with E-state index in [4.69, 9.17) is 28.7 Å². The summed E-state index contributed by atoms with van der Waals surface area (Å²) in [4.78, 5) is 151. The Hall–Kier alpha value is -7.42. The van der Waals surface area contributed by atoms with Crippen LogP contribution in [0, 0.1) is 11.8 Å². The molecule has 8 atom stereocenters. The van der Waals surface area contributed by atoms with Gasteiger partial charge in [0.25, 0.3) is 0 Å². The van der Waals surface area contributed by atoms with Crippen molar-refractivity contribution in [3.8, 4) is 0 Å². The van der Waals surface area contributed by atoms with Crippen molar-refractivity contribution in [3.05, 3.63) is 0 Å². The van der Waals surface area contributed by atoms with E-state index in [0.29, 0.717) is 0 Å². The number of rotatable bonds is 37. The van der Waals surface area contributed by atoms with Crippen LogP contribution in [0.15, 0.2) is 9.98 Å². The zero-order chi connectivity index (χ0) is 58.6. The van der Waals surface area contributed by atoms with Gasteiger partial charge in [-0.3, -0.25) is 62.7 Å². The summed E-state index contributed by atoms with van der Waals surface area (Å²) in [5.41, 5.74) is 26.8. The number of aliphatic hydroxyl groups is 1. The molecule has 0 aliphatic carbocycles. The summed E-state index contributed by atoms with van der Waals surface area (Å²) in [6.07, 6.45) is -2.31. The molecule has 0 bridgehead atoms. The highest BCUT2D eigenvalue weighted by Crippen LogP contribution is 2.11. The number of nitrogens with zero attached hydrogens (tertiary/aromatic N) is 2. The van der Waals surface area contributed by atoms with Crippen LogP contribution >= 0.6 is 0 Å². The number of nitrogens with one attached hydrogen (secondary N) is 9. The third-order valence-electron chi connectivity index (χ3n) is 10.5. The SMILES string of the molecule is CC(=O)N[C@@H](CCCN=C(N)N)C(=O)NC(CNS(=O)(=O)C(C)C)C(=O)N[C@@H](CC(=O)O)C(=O)N[C@@H](CC(C)C)C(=O)N[C@@H](CC(=O)O)C(=O)N[C@@H](CO)C(=O)N[C@@H](CC(C)C)C(=O)N[C@@H](CCCN=C(N)N)C(N)=O. The summed E-state index contributed by atoms with van der Waals surface area (Å²) in [5, 5.41) is 46.8. The number of nitrogens with two attached hydrogens (primary N) is 5. The molecule has 0 saturated carbocycles. The standard InChI is InChI=1S/C43H78N16O16S/c1-20(2)14-26(36(68)53-24(34(44)66)10-8-12-49-42(45)46)55-41(73)31(19-60)59-39(71)29(17-33(64)65)56-37(69)27(15-21(3)4)54-38(70)28(16-32(62)63)57-40(72)30(18-51-76(74,75)22(5)6)58-35(67)25(52-23(7)61)11-9-13-50-43(47)48/h20-22,24-31,51,60H,8-19H2,1-7H3,(H2,44,66)(H,52,61)(H,53,68)(H,54,70)(H,55,73)(H,56,69)(H,57,72)(H,58,67)(H,59,71)(H,62,63)(H,64,65)(H4,45,46,49)(H4,47,48,50)/t24-,25-,26-,27-,28-,29-,30?,31-/m0/s1. The van der Waals surface area contributed by atoms with Gasteiger partial charge in [-0.1, -0.05) is 27.7 Å². The van der Waals surface area contributed by atoms with Crippen LogP contribution in [0.4, 0.5) is 0 Å². The predicted octanol–water partition coefficient (Wildman–Crippen LogP) is -7.16. The second kappa shape index (κ2) is 34.2. The molecule has 0 fully saturated rings. The lowest BCUT2D eigenvalue weighted by molar-refractivity contribution is -0.142. The molecule has 0 heterocycles. The third kappa shape index (κ3) is 28.3. The van der Waals surface area contributed by atoms with Gasteiger partial charge in [-0.05, 0) is 64.2 Å². The molecule has 432 valence electrons. The molecule has 76 heavy (non-hydrogen) atoms. The normalized spacial score (nSPS) is 14.4. The van der Waals surface area contributed by atoms with E-state index in [1.807, 2.05) is 0 Å². The minimum atomic E-state index is -4.13. The van der Waals surface area contributed by atoms with Gasteiger partial charge in [-0.2, -0.15) is 0 Å². The number of primary amides is 1. The summed E-state index contributed by atoms with van der Waals surface area (Å²) in [6, 6.07) is -13.4. The summed E-state index contributed by atoms with van der Waals surface area (Å²) in [6.45, 7) is 8.44. The van der Waals surface area contributed by atoms with E-state index in [-0.39, 0.29) is 69.5 Å². The van der Waals surface area contributed by atoms with Gasteiger partial charge in [-0.15, -0.1) is 0 Å². The second-order valence-corrected chi connectivity index (χ2v) is 20.9. The van der Waals surface area contributed by atoms with Crippen LogP contribution in [0.2, 0.25) is 0 Å². The molecule has 33 heteroatoms. The molecule has 0 aromatic rings. The van der Waals surface area contributed by atoms with Crippen LogP contribution in [-0.4, -0.2) is 181 Å². The Bertz CT molecular complexity index is 2200. The molecule has 0 saturated heterocycles. The van der Waals surface area contributed by atoms with Crippen molar-refractivity contribution in [3.63, 3.8) is 0 Å². The first-order valence-corrected chi connectivity index (χ1v) is 25.6. The molecular weight excluding hydrogens is 1030 g/mol. The average molecular weight is 1110 g/mol. The quantitative estimate of drug-likeness (QED) is 0.0156. The molecule has 0 aliphatic rings. The number of guanidine groups is 2. The smallest absolute Gasteiger partial charge is 0.305 e. The lowest BCUT2D eigenvalue weighted by Crippen LogP contribution is -2.62. The number of aliphatic carboxylic acids is 2. The number of carboxylic acids is 2. The Labute approximate surface area is 439 Å². The zero-order valence-corrected chi connectivity index (χ0v) is 44.5. The van der Waals surface area contributed by atoms with Gasteiger partial charge >= 0.3 is 11.9 Å². The fraction of sp³-hybridized carbons (Fsp3) is 0.698. The first kappa shape index (κ1) is 68.6. The molecule has 0 aliphatic heterocycles. The molecule has 9 amide bonds. The van der Waals surface area contributed by atoms with Crippen molar-refractivity contribution in [1.82, 2.24) is 47.3 Å². The van der Waals surface area contributed by atoms with Gasteiger partial charge in [0.2, 0.25) is 63.2 Å². The largest absolute Gasteiger partial charge is 0.481 e. The van der Waals surface area contributed by atoms with Crippen molar-refractivity contribution in [2.45, 2.75) is 153 Å². The number of sulfonamides is 1. The molecule has 0 aromatic carbocycles. The van der Waals surface area contributed by atoms with Gasteiger partial charge in [0.1, 0.15) is 48.3 Å². The highest BCUT2D eigenvalue weighted by atomic mass is 32.2. The van der Waals surface area contributed by atoms with Crippen molar-refractivity contribution in [2.75, 3.05) is 26.2 Å². The molecule has 0 rings (SSSR count). The Balaban J connectivity index is 6.68. The Morgan fingerprint density at radius 1 is 0.474 bits per heavy atom. The maximum absolute atomic E-state index is 13.9. The summed E-state index contributed by atoms with van der Waals surface area (Å²) < 4.78 is 27.6. The Morgan fingerprint density at radius 2 is 0.803 bits per heavy atom. The van der Waals surface area contributed by atoms with Gasteiger partial charge in [-0.25, -0.2) is 13.1 Å². The van der Waals surface area contributed by atoms with Gasteiger partial charge in [0.15, 0.2) is 11.9 Å². The number of aliphatic imine (C=N–C) groups is 2. The molecule has 0 aromatic heterocycles. The minimum absolute atomic E-state index is 0.0101. The monoisotopic (exact) mass is 1110 g/mol. The summed E-state index contributed by atoms with van der Waals surface area (Å²) >= 11 is 0. The number of hydrogen-bond acceptors (Lipinski definition) is 16. The lowest BCUT2D eigenvalue weighted by atomic mass is 10.0. The maximum atomic E-state index is 13.9. The van der Waals surface area contributed by atoms with Crippen molar-refractivity contribution >= 4 is 87.0 Å². The van der Waals surface area contributed by atoms with Gasteiger partial charge in [0.05, 0.1) is 24.7 Å². The molecule has 32 nitrogen and oxygen atoms in total. The molecule has 0 radical (unpaired) electrons. The molecular formula is C43H78N16O16S. The van der Waals surface area contributed by atoms with Crippen molar-refractivity contribution in [2.24, 2.45) is 50.5 Å². The summed E-state index contributed by atoms with van der Waals surface area (Å²) in [7, 11) is -4.13. The van der Waals surface area contributed by atoms with E-state index < -0.39 is 161 Å². The minimum Gasteiger partial charge on any atom is -0.481 e. The fourth-order valence-corrected chi connectivity index (χ4v) is 7.39. The number of carboxylic acid groups (broad SMARTS) is 2. The number of carbonyl (C=O) groups excluding carboxylic acids is 9. The Kier molecular flexibility index (Phi) is 30.9. The van der Waals surface area contributed by atoms with Crippen molar-refractivity contribution in [1.29, 1.82) is 0 Å². The van der Waals surface area contributed by atoms with E-state index in [1.165, 1.54) is 13.8 Å². The zero-order valence-electron chi connectivity index (χ0n) is 43.7. The van der Waals surface area contributed by atoms with E-state index in [0.717, 1.165) is 6.92 Å². The number of aliphatic hydroxyl groups excluding tert-OH is 1. The molecule has 1 unspecified atom stereocenters. The van der Waals surface area contributed by atoms with E-state index in [9.17, 15) is 76.5 Å². The fourth-order valence-electron chi connectivity index (χ4n) is 6.66. The summed E-state index contributed by atoms with van der Waals surface area (Å²) in [5.74, 6) is -14.3. The van der Waals surface area contributed by atoms with Gasteiger partial charge in [0, 0.05) is 26.6 Å². The predicted molar refractivity (Wildman–Crippen MR) is 273 cm³/mol. The Morgan fingerprint density at radius 3 is 1.16 bits per heavy atom. The van der Waals surface area contributed by atoms with E-state index >= 15 is 0 Å². The van der Waals surface area contributed by atoms with Crippen LogP contribution in [0.25, 0.3) is 0 Å². The first-order chi connectivity index (χ1) is 35.2. The molecule has 0 spiro atoms.